The third-order valence-corrected chi connectivity index (χ3v) is 24.4. The molecule has 9 aromatic carbocycles. The van der Waals surface area contributed by atoms with Gasteiger partial charge in [-0.05, 0) is 176 Å². The van der Waals surface area contributed by atoms with Gasteiger partial charge in [0.2, 0.25) is 5.41 Å². The molecule has 0 bridgehead atoms. The molecule has 17 rings (SSSR count). The van der Waals surface area contributed by atoms with Crippen molar-refractivity contribution in [3.8, 4) is 22.6 Å². The van der Waals surface area contributed by atoms with Crippen LogP contribution in [0.15, 0.2) is 177 Å². The van der Waals surface area contributed by atoms with Crippen molar-refractivity contribution >= 4 is 98.1 Å². The molecule has 11 aromatic rings. The van der Waals surface area contributed by atoms with E-state index in [2.05, 4.69) is 0 Å². The lowest BCUT2D eigenvalue weighted by Gasteiger charge is -2.38. The van der Waals surface area contributed by atoms with Crippen LogP contribution in [-0.4, -0.2) is 157 Å². The van der Waals surface area contributed by atoms with Crippen molar-refractivity contribution in [1.82, 2.24) is 33.6 Å². The number of carbonyl (C=O) groups excluding carboxylic acids is 12. The first kappa shape index (κ1) is 114. The van der Waals surface area contributed by atoms with Crippen LogP contribution in [0.3, 0.4) is 0 Å². The number of benzene rings is 9. The predicted molar refractivity (Wildman–Crippen MR) is 500 cm³/mol. The number of alkyl halides is 15. The topological polar surface area (TPSA) is 312 Å². The molecule has 754 valence electrons. The summed E-state index contributed by atoms with van der Waals surface area (Å²) in [5.74, 6) is -6.78. The maximum Gasteiger partial charge on any atom is 0.418 e. The fraction of sp³-hybridized carbons (Fsp3) is 0.314. The zero-order valence-corrected chi connectivity index (χ0v) is 72.1. The smallest absolute Gasteiger partial charge is 0.418 e. The van der Waals surface area contributed by atoms with E-state index in [-0.39, 0.29) is 142 Å². The molecular weight excluding hydrogens is 1890 g/mol. The average molecular weight is 1990 g/mol. The maximum absolute atomic E-state index is 14.9. The number of aromatic nitrogens is 2. The van der Waals surface area contributed by atoms with Gasteiger partial charge in [0.1, 0.15) is 16.9 Å². The van der Waals surface area contributed by atoms with Crippen LogP contribution < -0.4 is 31.9 Å². The highest BCUT2D eigenvalue weighted by Gasteiger charge is 2.73. The zero-order valence-electron chi connectivity index (χ0n) is 72.1. The molecular formula is C102H99F15N8O17. The lowest BCUT2D eigenvalue weighted by atomic mass is 9.71. The van der Waals surface area contributed by atoms with Gasteiger partial charge in [-0.3, -0.25) is 110 Å². The summed E-state index contributed by atoms with van der Waals surface area (Å²) in [6.45, 7) is 8.62. The quantitative estimate of drug-likeness (QED) is 0.0604. The van der Waals surface area contributed by atoms with Gasteiger partial charge in [-0.25, -0.2) is 4.90 Å². The van der Waals surface area contributed by atoms with Crippen molar-refractivity contribution in [2.75, 3.05) is 39.1 Å². The molecule has 6 aliphatic rings. The van der Waals surface area contributed by atoms with E-state index in [1.54, 1.807) is 55.5 Å². The number of imide groups is 6. The Kier molecular flexibility index (Phi) is 32.8. The Labute approximate surface area is 803 Å². The zero-order chi connectivity index (χ0) is 99.0. The Morgan fingerprint density at radius 1 is 0.289 bits per heavy atom. The number of rotatable bonds is 17. The van der Waals surface area contributed by atoms with E-state index in [0.717, 1.165) is 88.9 Å². The number of ether oxygens (including phenoxy) is 1. The lowest BCUT2D eigenvalue weighted by molar-refractivity contribution is -0.288. The van der Waals surface area contributed by atoms with E-state index in [0.29, 0.717) is 94.3 Å². The number of nitrogens with zero attached hydrogens (tertiary/aromatic N) is 8. The Balaban J connectivity index is 0.000000258. The van der Waals surface area contributed by atoms with Gasteiger partial charge in [-0.15, -0.1) is 0 Å². The third kappa shape index (κ3) is 18.5. The van der Waals surface area contributed by atoms with Crippen LogP contribution in [-0.2, 0) is 36.8 Å². The molecule has 0 saturated heterocycles. The van der Waals surface area contributed by atoms with Crippen molar-refractivity contribution in [3.05, 3.63) is 305 Å². The van der Waals surface area contributed by atoms with E-state index in [1.165, 1.54) is 67.5 Å². The molecule has 0 radical (unpaired) electrons. The molecule has 0 N–H and O–H groups in total. The summed E-state index contributed by atoms with van der Waals surface area (Å²) in [4.78, 5) is 206. The van der Waals surface area contributed by atoms with Crippen LogP contribution in [0.5, 0.6) is 11.5 Å². The number of amides is 12. The van der Waals surface area contributed by atoms with E-state index in [4.69, 9.17) is 4.74 Å². The highest BCUT2D eigenvalue weighted by atomic mass is 19.4. The average Bonchev–Trinajstić information content (AvgIpc) is 1.48. The van der Waals surface area contributed by atoms with Crippen molar-refractivity contribution in [1.29, 1.82) is 0 Å². The Bertz CT molecular complexity index is 7120. The molecule has 25 nitrogen and oxygen atoms in total. The molecule has 12 amide bonds. The van der Waals surface area contributed by atoms with Crippen LogP contribution >= 0.6 is 0 Å². The molecule has 6 aliphatic heterocycles. The summed E-state index contributed by atoms with van der Waals surface area (Å²) >= 11 is 0. The molecule has 142 heavy (non-hydrogen) atoms. The van der Waals surface area contributed by atoms with Gasteiger partial charge in [0.25, 0.3) is 93.1 Å². The largest absolute Gasteiger partial charge is 0.457 e. The van der Waals surface area contributed by atoms with Crippen LogP contribution in [0.4, 0.5) is 71.5 Å². The van der Waals surface area contributed by atoms with E-state index in [1.807, 2.05) is 32.9 Å². The number of hydrogen-bond donors (Lipinski definition) is 0. The predicted octanol–water partition coefficient (Wildman–Crippen LogP) is 21.1. The van der Waals surface area contributed by atoms with E-state index >= 15 is 0 Å². The normalized spacial score (nSPS) is 14.6. The van der Waals surface area contributed by atoms with Gasteiger partial charge in [-0.1, -0.05) is 146 Å². The van der Waals surface area contributed by atoms with Gasteiger partial charge in [0.15, 0.2) is 0 Å². The third-order valence-electron chi connectivity index (χ3n) is 24.4. The summed E-state index contributed by atoms with van der Waals surface area (Å²) in [5.41, 5.74) is -19.1. The lowest BCUT2D eigenvalue weighted by Crippen LogP contribution is -2.55. The maximum atomic E-state index is 14.9. The number of carbonyl (C=O) groups is 12. The van der Waals surface area contributed by atoms with Gasteiger partial charge >= 0.3 is 30.9 Å². The fourth-order valence-corrected chi connectivity index (χ4v) is 17.0. The van der Waals surface area contributed by atoms with Crippen LogP contribution in [0, 0.1) is 6.92 Å². The molecule has 1 atom stereocenters. The molecule has 0 spiro atoms. The van der Waals surface area contributed by atoms with Gasteiger partial charge < -0.3 is 4.74 Å². The number of aryl methyl sites for hydroxylation is 1. The molecule has 40 heteroatoms. The van der Waals surface area contributed by atoms with Crippen molar-refractivity contribution in [3.63, 3.8) is 0 Å². The summed E-state index contributed by atoms with van der Waals surface area (Å²) in [7, 11) is 4.48. The van der Waals surface area contributed by atoms with Crippen LogP contribution in [0.1, 0.15) is 281 Å². The summed E-state index contributed by atoms with van der Waals surface area (Å²) in [6.07, 6.45) is -24.3. The van der Waals surface area contributed by atoms with Crippen molar-refractivity contribution in [2.45, 2.75) is 173 Å². The monoisotopic (exact) mass is 1990 g/mol. The Hall–Kier alpha value is -15.2. The SMILES string of the molecule is C.C.C.C.C.C.C.CCCCN1C(=O)c2ccc(-c3ccc4c(c3)C(=O)N(C)C4=O)cc2C1=O.CCCCN1C(=O)c2ccc(C(C)(c3ccc4c(c3)C(=O)N(C)C4=O)C(F)(F)F)cc2C1=O.CCCCn1c(=O)c2c(C(F)(F)F)c3c(=O)n(C)c(=O)c3c(C(F)(F)F)c2c1=O.Cc1ccc(Oc2ccc(N3C(=O)c4ccc(C(c5ccc6c(c5)C(=O)N(C)C6=O)(C(F)(F)F)C(F)(F)F)cc4C3=O)cc2)cc1. The number of unbranched alkanes of at least 4 members (excludes halogenated alkanes) is 3. The van der Waals surface area contributed by atoms with Crippen molar-refractivity contribution < 1.29 is 128 Å². The minimum absolute atomic E-state index is 0. The van der Waals surface area contributed by atoms with Crippen molar-refractivity contribution in [2.24, 2.45) is 7.05 Å². The first-order valence-corrected chi connectivity index (χ1v) is 41.2. The number of hydrogen-bond acceptors (Lipinski definition) is 17. The standard InChI is InChI=1S/C33H20F6N2O5.C24H21F3N2O4.C21H18N2O4.C17H12F6N2O4.7CH4/c1-17-3-9-21(10-4-17)46-22-11-7-20(8-12-22)41-29(44)24-14-6-19(16-26(24)30(41)45)31(32(34,35)36,33(37,38)39)18-5-13-23-25(15-18)28(43)40(2)27(23)42;1-4-5-10-29-21(32)16-9-7-14(12-18(16)22(29)33)23(2,24(25,26)27)13-6-8-15-17(11-13)20(31)28(3)19(15)30;1-3-4-9-23-20(26)15-8-6-13(11-17(15)21(23)27)12-5-7-14-16(10-12)19(25)22(2)18(14)24;1-3-4-5-25-14(28)8-9(15(25)29)11(17(21,22)23)7-6(10(8)16(18,19)20)12(26)24(2)13(7)27;;;;;;;/h3-16H,1-2H3;6-9,11-12H,4-5,10H2,1-3H3;5-8,10-11H,3-4,9H2,1-2H3;3-5H2,1-2H3;7*1H4. The van der Waals surface area contributed by atoms with E-state index in [9.17, 15) is 143 Å². The first-order chi connectivity index (χ1) is 63.2. The number of fused-ring (bicyclic) bond motifs is 8. The first-order valence-electron chi connectivity index (χ1n) is 41.2. The van der Waals surface area contributed by atoms with Gasteiger partial charge in [-0.2, -0.15) is 65.9 Å². The van der Waals surface area contributed by atoms with Crippen LogP contribution in [0.2, 0.25) is 0 Å². The van der Waals surface area contributed by atoms with Gasteiger partial charge in [0.05, 0.1) is 105 Å². The summed E-state index contributed by atoms with van der Waals surface area (Å²) < 4.78 is 222. The second-order valence-corrected chi connectivity index (χ2v) is 32.6. The second-order valence-electron chi connectivity index (χ2n) is 32.6. The number of halogens is 15. The summed E-state index contributed by atoms with van der Waals surface area (Å²) in [5, 5.41) is -6.20. The molecule has 0 saturated carbocycles. The minimum atomic E-state index is -6.05. The molecule has 0 fully saturated rings. The molecule has 8 heterocycles. The molecule has 2 aromatic heterocycles. The Morgan fingerprint density at radius 2 is 0.556 bits per heavy atom. The second kappa shape index (κ2) is 41.0. The fourth-order valence-electron chi connectivity index (χ4n) is 17.0. The number of anilines is 1. The Morgan fingerprint density at radius 3 is 0.901 bits per heavy atom. The highest BCUT2D eigenvalue weighted by molar-refractivity contribution is 6.35. The van der Waals surface area contributed by atoms with Gasteiger partial charge in [0, 0.05) is 47.8 Å². The highest BCUT2D eigenvalue weighted by Crippen LogP contribution is 2.58. The van der Waals surface area contributed by atoms with E-state index < -0.39 is 178 Å². The summed E-state index contributed by atoms with van der Waals surface area (Å²) in [6, 6.07) is 33.1. The molecule has 0 aliphatic carbocycles. The molecule has 1 unspecified atom stereocenters. The minimum Gasteiger partial charge on any atom is -0.457 e. The van der Waals surface area contributed by atoms with Crippen LogP contribution in [0.25, 0.3) is 32.7 Å².